The zero-order chi connectivity index (χ0) is 18.4. The second-order valence-electron chi connectivity index (χ2n) is 5.52. The highest BCUT2D eigenvalue weighted by atomic mass is 32.1. The van der Waals surface area contributed by atoms with Gasteiger partial charge in [-0.2, -0.15) is 5.26 Å². The molecule has 0 N–H and O–H groups in total. The smallest absolute Gasteiger partial charge is 0.338 e. The molecule has 3 aromatic rings. The van der Waals surface area contributed by atoms with E-state index >= 15 is 0 Å². The maximum Gasteiger partial charge on any atom is 0.338 e. The fraction of sp³-hybridized carbons (Fsp3) is 0.150. The predicted octanol–water partition coefficient (Wildman–Crippen LogP) is 4.26. The molecule has 6 heteroatoms. The van der Waals surface area contributed by atoms with E-state index in [1.807, 2.05) is 12.3 Å². The summed E-state index contributed by atoms with van der Waals surface area (Å²) in [7, 11) is 0. The van der Waals surface area contributed by atoms with Crippen LogP contribution in [0.5, 0.6) is 5.75 Å². The minimum absolute atomic E-state index is 0.0595. The molecule has 0 saturated carbocycles. The summed E-state index contributed by atoms with van der Waals surface area (Å²) in [6.45, 7) is 2.40. The topological polar surface area (TPSA) is 72.2 Å². The van der Waals surface area contributed by atoms with E-state index in [1.54, 1.807) is 59.9 Å². The van der Waals surface area contributed by atoms with E-state index < -0.39 is 5.97 Å². The molecule has 0 radical (unpaired) electrons. The maximum absolute atomic E-state index is 12.2. The quantitative estimate of drug-likeness (QED) is 0.611. The van der Waals surface area contributed by atoms with Crippen LogP contribution in [0.25, 0.3) is 0 Å². The lowest BCUT2D eigenvalue weighted by molar-refractivity contribution is 0.0472. The lowest BCUT2D eigenvalue weighted by Crippen LogP contribution is -2.06. The van der Waals surface area contributed by atoms with Crippen LogP contribution in [0.1, 0.15) is 32.2 Å². The summed E-state index contributed by atoms with van der Waals surface area (Å²) in [6, 6.07) is 15.9. The molecule has 0 unspecified atom stereocenters. The zero-order valence-corrected chi connectivity index (χ0v) is 15.0. The first-order chi connectivity index (χ1) is 12.7. The van der Waals surface area contributed by atoms with Crippen molar-refractivity contribution in [2.45, 2.75) is 20.1 Å². The van der Waals surface area contributed by atoms with Crippen molar-refractivity contribution in [3.8, 4) is 11.8 Å². The molecule has 0 bridgehead atoms. The predicted molar refractivity (Wildman–Crippen MR) is 97.9 cm³/mol. The molecule has 5 nitrogen and oxygen atoms in total. The molecule has 0 atom stereocenters. The Hall–Kier alpha value is -3.17. The van der Waals surface area contributed by atoms with Gasteiger partial charge in [-0.25, -0.2) is 9.78 Å². The number of ether oxygens (including phenoxy) is 2. The number of nitrogens with zero attached hydrogens (tertiary/aromatic N) is 2. The average Bonchev–Trinajstić information content (AvgIpc) is 3.10. The molecule has 0 aliphatic heterocycles. The van der Waals surface area contributed by atoms with Crippen LogP contribution in [-0.4, -0.2) is 11.0 Å². The van der Waals surface area contributed by atoms with Crippen LogP contribution in [-0.2, 0) is 18.0 Å². The van der Waals surface area contributed by atoms with Crippen molar-refractivity contribution in [2.24, 2.45) is 0 Å². The van der Waals surface area contributed by atoms with Crippen LogP contribution < -0.4 is 4.74 Å². The molecular weight excluding hydrogens is 348 g/mol. The van der Waals surface area contributed by atoms with Gasteiger partial charge in [0.2, 0.25) is 0 Å². The van der Waals surface area contributed by atoms with E-state index in [4.69, 9.17) is 14.7 Å². The second kappa shape index (κ2) is 8.28. The molecule has 0 spiro atoms. The number of aryl methyl sites for hydroxylation is 1. The van der Waals surface area contributed by atoms with E-state index in [1.165, 1.54) is 0 Å². The van der Waals surface area contributed by atoms with Gasteiger partial charge in [0.05, 0.1) is 27.9 Å². The van der Waals surface area contributed by atoms with Crippen LogP contribution in [0, 0.1) is 18.3 Å². The van der Waals surface area contributed by atoms with Crippen LogP contribution in [0.4, 0.5) is 0 Å². The number of esters is 1. The Morgan fingerprint density at radius 3 is 2.62 bits per heavy atom. The Morgan fingerprint density at radius 2 is 1.92 bits per heavy atom. The Labute approximate surface area is 155 Å². The molecule has 130 valence electrons. The van der Waals surface area contributed by atoms with E-state index in [0.717, 1.165) is 10.7 Å². The van der Waals surface area contributed by atoms with Crippen molar-refractivity contribution in [1.29, 1.82) is 5.26 Å². The third-order valence-electron chi connectivity index (χ3n) is 3.64. The van der Waals surface area contributed by atoms with Gasteiger partial charge in [-0.05, 0) is 37.3 Å². The van der Waals surface area contributed by atoms with Crippen molar-refractivity contribution in [3.63, 3.8) is 0 Å². The van der Waals surface area contributed by atoms with Crippen molar-refractivity contribution in [1.82, 2.24) is 4.98 Å². The molecule has 0 fully saturated rings. The number of rotatable bonds is 6. The Morgan fingerprint density at radius 1 is 1.15 bits per heavy atom. The van der Waals surface area contributed by atoms with Crippen molar-refractivity contribution >= 4 is 17.3 Å². The summed E-state index contributed by atoms with van der Waals surface area (Å²) >= 11 is 1.58. The van der Waals surface area contributed by atoms with E-state index in [0.29, 0.717) is 29.0 Å². The summed E-state index contributed by atoms with van der Waals surface area (Å²) in [4.78, 5) is 16.5. The lowest BCUT2D eigenvalue weighted by Gasteiger charge is -2.08. The number of nitriles is 1. The first kappa shape index (κ1) is 17.6. The highest BCUT2D eigenvalue weighted by molar-refractivity contribution is 7.09. The van der Waals surface area contributed by atoms with Gasteiger partial charge in [0.25, 0.3) is 0 Å². The Balaban J connectivity index is 1.56. The molecule has 1 aromatic heterocycles. The molecule has 1 heterocycles. The van der Waals surface area contributed by atoms with Crippen LogP contribution in [0.3, 0.4) is 0 Å². The largest absolute Gasteiger partial charge is 0.487 e. The third kappa shape index (κ3) is 4.47. The Bertz CT molecular complexity index is 942. The third-order valence-corrected chi connectivity index (χ3v) is 4.46. The molecule has 0 aliphatic rings. The molecule has 26 heavy (non-hydrogen) atoms. The van der Waals surface area contributed by atoms with Gasteiger partial charge >= 0.3 is 5.97 Å². The number of benzene rings is 2. The summed E-state index contributed by atoms with van der Waals surface area (Å²) in [5, 5.41) is 12.0. The van der Waals surface area contributed by atoms with E-state index in [9.17, 15) is 4.79 Å². The van der Waals surface area contributed by atoms with Gasteiger partial charge in [-0.3, -0.25) is 0 Å². The number of hydrogen-bond donors (Lipinski definition) is 0. The number of carbonyl (C=O) groups excluding carboxylic acids is 1. The highest BCUT2D eigenvalue weighted by Gasteiger charge is 2.09. The molecule has 2 aromatic carbocycles. The summed E-state index contributed by atoms with van der Waals surface area (Å²) in [5.74, 6) is 0.210. The molecule has 0 saturated heterocycles. The summed E-state index contributed by atoms with van der Waals surface area (Å²) in [6.07, 6.45) is 0. The summed E-state index contributed by atoms with van der Waals surface area (Å²) < 4.78 is 10.9. The zero-order valence-electron chi connectivity index (χ0n) is 14.1. The number of hydrogen-bond acceptors (Lipinski definition) is 6. The molecule has 0 aliphatic carbocycles. The van der Waals surface area contributed by atoms with Gasteiger partial charge in [0, 0.05) is 10.9 Å². The highest BCUT2D eigenvalue weighted by Crippen LogP contribution is 2.17. The standard InChI is InChI=1S/C20H16N2O3S/c1-14-22-18(13-26-14)12-24-19-8-6-15(7-9-19)20(23)25-11-17-5-3-2-4-16(17)10-21/h2-9,13H,11-12H2,1H3. The minimum atomic E-state index is -0.445. The minimum Gasteiger partial charge on any atom is -0.487 e. The van der Waals surface area contributed by atoms with Gasteiger partial charge < -0.3 is 9.47 Å². The number of thiazole rings is 1. The summed E-state index contributed by atoms with van der Waals surface area (Å²) in [5.41, 5.74) is 2.49. The second-order valence-corrected chi connectivity index (χ2v) is 6.58. The lowest BCUT2D eigenvalue weighted by atomic mass is 10.1. The van der Waals surface area contributed by atoms with E-state index in [-0.39, 0.29) is 6.61 Å². The first-order valence-electron chi connectivity index (χ1n) is 7.94. The van der Waals surface area contributed by atoms with E-state index in [2.05, 4.69) is 11.1 Å². The number of aromatic nitrogens is 1. The molecule has 3 rings (SSSR count). The van der Waals surface area contributed by atoms with Gasteiger partial charge in [-0.1, -0.05) is 18.2 Å². The fourth-order valence-corrected chi connectivity index (χ4v) is 2.90. The van der Waals surface area contributed by atoms with Crippen molar-refractivity contribution in [2.75, 3.05) is 0 Å². The SMILES string of the molecule is Cc1nc(COc2ccc(C(=O)OCc3ccccc3C#N)cc2)cs1. The normalized spacial score (nSPS) is 10.2. The van der Waals surface area contributed by atoms with Gasteiger partial charge in [-0.15, -0.1) is 11.3 Å². The Kier molecular flexibility index (Phi) is 5.62. The first-order valence-corrected chi connectivity index (χ1v) is 8.82. The monoisotopic (exact) mass is 364 g/mol. The average molecular weight is 364 g/mol. The van der Waals surface area contributed by atoms with Crippen molar-refractivity contribution in [3.05, 3.63) is 81.3 Å². The maximum atomic E-state index is 12.2. The van der Waals surface area contributed by atoms with Crippen LogP contribution >= 0.6 is 11.3 Å². The fourth-order valence-electron chi connectivity index (χ4n) is 2.30. The van der Waals surface area contributed by atoms with Gasteiger partial charge in [0.15, 0.2) is 0 Å². The molecule has 0 amide bonds. The van der Waals surface area contributed by atoms with Crippen LogP contribution in [0.2, 0.25) is 0 Å². The number of carbonyl (C=O) groups is 1. The molecular formula is C20H16N2O3S. The van der Waals surface area contributed by atoms with Crippen molar-refractivity contribution < 1.29 is 14.3 Å². The van der Waals surface area contributed by atoms with Crippen LogP contribution in [0.15, 0.2) is 53.9 Å². The van der Waals surface area contributed by atoms with Gasteiger partial charge in [0.1, 0.15) is 19.0 Å².